The molecule has 0 bridgehead atoms. The lowest BCUT2D eigenvalue weighted by molar-refractivity contribution is 0.253. The molecule has 1 aliphatic rings. The number of hydrogen-bond donors (Lipinski definition) is 2. The van der Waals surface area contributed by atoms with E-state index in [4.69, 9.17) is 0 Å². The average Bonchev–Trinajstić information content (AvgIpc) is 2.29. The SMILES string of the molecule is CC1(CNc2cnccn2)CCCNC1. The predicted octanol–water partition coefficient (Wildman–Crippen LogP) is 1.28. The van der Waals surface area contributed by atoms with E-state index in [1.807, 2.05) is 0 Å². The summed E-state index contributed by atoms with van der Waals surface area (Å²) in [4.78, 5) is 8.23. The molecule has 15 heavy (non-hydrogen) atoms. The maximum absolute atomic E-state index is 4.20. The van der Waals surface area contributed by atoms with E-state index < -0.39 is 0 Å². The van der Waals surface area contributed by atoms with E-state index in [9.17, 15) is 0 Å². The van der Waals surface area contributed by atoms with Crippen LogP contribution in [0.15, 0.2) is 18.6 Å². The van der Waals surface area contributed by atoms with Crippen LogP contribution in [0, 0.1) is 5.41 Å². The molecule has 2 rings (SSSR count). The van der Waals surface area contributed by atoms with Crippen LogP contribution in [0.1, 0.15) is 19.8 Å². The summed E-state index contributed by atoms with van der Waals surface area (Å²) in [6, 6.07) is 0. The van der Waals surface area contributed by atoms with Crippen LogP contribution in [0.2, 0.25) is 0 Å². The number of hydrogen-bond acceptors (Lipinski definition) is 4. The molecule has 4 heteroatoms. The van der Waals surface area contributed by atoms with E-state index in [0.717, 1.165) is 25.5 Å². The van der Waals surface area contributed by atoms with Gasteiger partial charge in [-0.05, 0) is 24.8 Å². The number of aromatic nitrogens is 2. The fourth-order valence-corrected chi connectivity index (χ4v) is 1.96. The maximum atomic E-state index is 4.20. The smallest absolute Gasteiger partial charge is 0.144 e. The van der Waals surface area contributed by atoms with Crippen LogP contribution in [-0.2, 0) is 0 Å². The molecule has 1 aliphatic heterocycles. The van der Waals surface area contributed by atoms with Crippen molar-refractivity contribution >= 4 is 5.82 Å². The Kier molecular flexibility index (Phi) is 3.16. The van der Waals surface area contributed by atoms with E-state index in [-0.39, 0.29) is 0 Å². The third kappa shape index (κ3) is 2.89. The Hall–Kier alpha value is -1.16. The van der Waals surface area contributed by atoms with Crippen LogP contribution in [-0.4, -0.2) is 29.6 Å². The van der Waals surface area contributed by atoms with E-state index in [1.54, 1.807) is 18.6 Å². The monoisotopic (exact) mass is 206 g/mol. The van der Waals surface area contributed by atoms with Crippen LogP contribution in [0.25, 0.3) is 0 Å². The summed E-state index contributed by atoms with van der Waals surface area (Å²) in [7, 11) is 0. The Balaban J connectivity index is 1.87. The third-order valence-corrected chi connectivity index (χ3v) is 2.95. The highest BCUT2D eigenvalue weighted by atomic mass is 15.0. The van der Waals surface area contributed by atoms with E-state index in [1.165, 1.54) is 12.8 Å². The fourth-order valence-electron chi connectivity index (χ4n) is 1.96. The zero-order valence-corrected chi connectivity index (χ0v) is 9.16. The average molecular weight is 206 g/mol. The van der Waals surface area contributed by atoms with Crippen molar-refractivity contribution in [1.29, 1.82) is 0 Å². The molecule has 1 fully saturated rings. The Morgan fingerprint density at radius 2 is 2.47 bits per heavy atom. The molecule has 1 aromatic heterocycles. The Morgan fingerprint density at radius 3 is 3.13 bits per heavy atom. The van der Waals surface area contributed by atoms with Gasteiger partial charge in [0.1, 0.15) is 5.82 Å². The summed E-state index contributed by atoms with van der Waals surface area (Å²) < 4.78 is 0. The first-order valence-electron chi connectivity index (χ1n) is 5.49. The molecular formula is C11H18N4. The lowest BCUT2D eigenvalue weighted by Gasteiger charge is -2.34. The molecule has 0 radical (unpaired) electrons. The van der Waals surface area contributed by atoms with Gasteiger partial charge in [-0.1, -0.05) is 6.92 Å². The van der Waals surface area contributed by atoms with Crippen molar-refractivity contribution in [1.82, 2.24) is 15.3 Å². The molecule has 82 valence electrons. The molecule has 2 heterocycles. The second-order valence-corrected chi connectivity index (χ2v) is 4.54. The number of piperidine rings is 1. The zero-order chi connectivity index (χ0) is 10.6. The first-order valence-corrected chi connectivity index (χ1v) is 5.49. The molecule has 1 unspecified atom stereocenters. The van der Waals surface area contributed by atoms with Gasteiger partial charge in [0.25, 0.3) is 0 Å². The Bertz CT molecular complexity index is 293. The van der Waals surface area contributed by atoms with Gasteiger partial charge in [-0.15, -0.1) is 0 Å². The normalized spacial score (nSPS) is 26.2. The van der Waals surface area contributed by atoms with Gasteiger partial charge < -0.3 is 10.6 Å². The Morgan fingerprint density at radius 1 is 1.53 bits per heavy atom. The van der Waals surface area contributed by atoms with Crippen molar-refractivity contribution < 1.29 is 0 Å². The third-order valence-electron chi connectivity index (χ3n) is 2.95. The highest BCUT2D eigenvalue weighted by Crippen LogP contribution is 2.25. The second kappa shape index (κ2) is 4.57. The molecule has 0 saturated carbocycles. The minimum Gasteiger partial charge on any atom is -0.368 e. The van der Waals surface area contributed by atoms with Gasteiger partial charge in [0.05, 0.1) is 6.20 Å². The summed E-state index contributed by atoms with van der Waals surface area (Å²) >= 11 is 0. The van der Waals surface area contributed by atoms with Gasteiger partial charge in [0.15, 0.2) is 0 Å². The first kappa shape index (κ1) is 10.4. The topological polar surface area (TPSA) is 49.8 Å². The molecule has 0 aromatic carbocycles. The van der Waals surface area contributed by atoms with E-state index >= 15 is 0 Å². The van der Waals surface area contributed by atoms with Gasteiger partial charge in [-0.25, -0.2) is 4.98 Å². The second-order valence-electron chi connectivity index (χ2n) is 4.54. The van der Waals surface area contributed by atoms with Crippen LogP contribution in [0.4, 0.5) is 5.82 Å². The van der Waals surface area contributed by atoms with Gasteiger partial charge in [0, 0.05) is 25.5 Å². The molecule has 0 spiro atoms. The fraction of sp³-hybridized carbons (Fsp3) is 0.636. The lowest BCUT2D eigenvalue weighted by atomic mass is 9.83. The van der Waals surface area contributed by atoms with Crippen molar-refractivity contribution in [3.63, 3.8) is 0 Å². The van der Waals surface area contributed by atoms with Crippen LogP contribution in [0.3, 0.4) is 0 Å². The summed E-state index contributed by atoms with van der Waals surface area (Å²) in [6.07, 6.45) is 7.70. The molecule has 0 aliphatic carbocycles. The summed E-state index contributed by atoms with van der Waals surface area (Å²) in [5.41, 5.74) is 0.343. The van der Waals surface area contributed by atoms with Gasteiger partial charge >= 0.3 is 0 Å². The standard InChI is InChI=1S/C11H18N4/c1-11(3-2-4-13-8-11)9-15-10-7-12-5-6-14-10/h5-7,13H,2-4,8-9H2,1H3,(H,14,15). The minimum atomic E-state index is 0.343. The number of rotatable bonds is 3. The quantitative estimate of drug-likeness (QED) is 0.782. The predicted molar refractivity (Wildman–Crippen MR) is 60.7 cm³/mol. The van der Waals surface area contributed by atoms with Gasteiger partial charge in [-0.3, -0.25) is 4.98 Å². The number of nitrogens with one attached hydrogen (secondary N) is 2. The molecule has 1 saturated heterocycles. The van der Waals surface area contributed by atoms with Crippen molar-refractivity contribution in [3.05, 3.63) is 18.6 Å². The van der Waals surface area contributed by atoms with Crippen molar-refractivity contribution in [2.45, 2.75) is 19.8 Å². The van der Waals surface area contributed by atoms with Gasteiger partial charge in [0.2, 0.25) is 0 Å². The maximum Gasteiger partial charge on any atom is 0.144 e. The molecule has 2 N–H and O–H groups in total. The van der Waals surface area contributed by atoms with Crippen LogP contribution in [0.5, 0.6) is 0 Å². The van der Waals surface area contributed by atoms with Crippen molar-refractivity contribution in [2.24, 2.45) is 5.41 Å². The van der Waals surface area contributed by atoms with Crippen molar-refractivity contribution in [3.8, 4) is 0 Å². The molecule has 1 aromatic rings. The molecular weight excluding hydrogens is 188 g/mol. The summed E-state index contributed by atoms with van der Waals surface area (Å²) in [5.74, 6) is 0.865. The first-order chi connectivity index (χ1) is 7.29. The Labute approximate surface area is 90.5 Å². The van der Waals surface area contributed by atoms with Crippen LogP contribution < -0.4 is 10.6 Å². The number of anilines is 1. The van der Waals surface area contributed by atoms with E-state index in [0.29, 0.717) is 5.41 Å². The van der Waals surface area contributed by atoms with Crippen molar-refractivity contribution in [2.75, 3.05) is 25.0 Å². The summed E-state index contributed by atoms with van der Waals surface area (Å²) in [5, 5.41) is 6.78. The molecule has 1 atom stereocenters. The van der Waals surface area contributed by atoms with Crippen LogP contribution >= 0.6 is 0 Å². The zero-order valence-electron chi connectivity index (χ0n) is 9.16. The highest BCUT2D eigenvalue weighted by Gasteiger charge is 2.26. The van der Waals surface area contributed by atoms with E-state index in [2.05, 4.69) is 27.5 Å². The number of nitrogens with zero attached hydrogens (tertiary/aromatic N) is 2. The van der Waals surface area contributed by atoms with Gasteiger partial charge in [-0.2, -0.15) is 0 Å². The minimum absolute atomic E-state index is 0.343. The highest BCUT2D eigenvalue weighted by molar-refractivity contribution is 5.30. The molecule has 4 nitrogen and oxygen atoms in total. The largest absolute Gasteiger partial charge is 0.368 e. The summed E-state index contributed by atoms with van der Waals surface area (Å²) in [6.45, 7) is 5.50. The lowest BCUT2D eigenvalue weighted by Crippen LogP contribution is -2.42. The molecule has 0 amide bonds.